The van der Waals surface area contributed by atoms with Crippen molar-refractivity contribution in [1.82, 2.24) is 0 Å². The fourth-order valence-corrected chi connectivity index (χ4v) is 2.02. The summed E-state index contributed by atoms with van der Waals surface area (Å²) in [5.74, 6) is 1.90. The van der Waals surface area contributed by atoms with E-state index in [1.54, 1.807) is 7.11 Å². The number of nitrogens with two attached hydrogens (primary N) is 1. The highest BCUT2D eigenvalue weighted by Crippen LogP contribution is 2.33. The van der Waals surface area contributed by atoms with E-state index in [1.165, 1.54) is 24.8 Å². The van der Waals surface area contributed by atoms with Crippen LogP contribution in [0.15, 0.2) is 24.3 Å². The van der Waals surface area contributed by atoms with E-state index < -0.39 is 0 Å². The Bertz CT molecular complexity index is 316. The van der Waals surface area contributed by atoms with Crippen molar-refractivity contribution in [1.29, 1.82) is 0 Å². The molecule has 1 aliphatic rings. The molecule has 1 unspecified atom stereocenters. The van der Waals surface area contributed by atoms with Gasteiger partial charge in [-0.25, -0.2) is 0 Å². The summed E-state index contributed by atoms with van der Waals surface area (Å²) in [5.41, 5.74) is 7.43. The maximum Gasteiger partial charge on any atom is 0.118 e. The molecule has 0 radical (unpaired) electrons. The molecule has 2 N–H and O–H groups in total. The first kappa shape index (κ1) is 11.5. The maximum atomic E-state index is 6.12. The highest BCUT2D eigenvalue weighted by atomic mass is 16.5. The molecule has 0 heterocycles. The van der Waals surface area contributed by atoms with Gasteiger partial charge >= 0.3 is 0 Å². The molecule has 0 aromatic heterocycles. The van der Waals surface area contributed by atoms with Crippen LogP contribution in [0.25, 0.3) is 0 Å². The molecule has 2 nitrogen and oxygen atoms in total. The summed E-state index contributed by atoms with van der Waals surface area (Å²) in [6.45, 7) is 0. The summed E-state index contributed by atoms with van der Waals surface area (Å²) in [5, 5.41) is 0. The third kappa shape index (κ3) is 3.53. The van der Waals surface area contributed by atoms with Gasteiger partial charge in [0.2, 0.25) is 0 Å². The van der Waals surface area contributed by atoms with E-state index in [4.69, 9.17) is 10.5 Å². The van der Waals surface area contributed by atoms with Gasteiger partial charge in [-0.1, -0.05) is 25.0 Å². The van der Waals surface area contributed by atoms with Gasteiger partial charge in [-0.15, -0.1) is 0 Å². The molecule has 88 valence electrons. The third-order valence-corrected chi connectivity index (χ3v) is 3.30. The summed E-state index contributed by atoms with van der Waals surface area (Å²) in [7, 11) is 1.69. The zero-order chi connectivity index (χ0) is 11.4. The average Bonchev–Trinajstić information content (AvgIpc) is 3.11. The predicted molar refractivity (Wildman–Crippen MR) is 66.6 cm³/mol. The van der Waals surface area contributed by atoms with Crippen LogP contribution in [-0.4, -0.2) is 13.2 Å². The van der Waals surface area contributed by atoms with Crippen LogP contribution in [0.3, 0.4) is 0 Å². The van der Waals surface area contributed by atoms with Crippen LogP contribution in [-0.2, 0) is 6.42 Å². The minimum Gasteiger partial charge on any atom is -0.497 e. The van der Waals surface area contributed by atoms with Gasteiger partial charge in [0.25, 0.3) is 0 Å². The predicted octanol–water partition coefficient (Wildman–Crippen LogP) is 2.76. The number of benzene rings is 1. The van der Waals surface area contributed by atoms with Crippen molar-refractivity contribution in [3.05, 3.63) is 29.8 Å². The molecule has 2 heteroatoms. The van der Waals surface area contributed by atoms with Crippen LogP contribution in [0.5, 0.6) is 5.75 Å². The summed E-state index contributed by atoms with van der Waals surface area (Å²) < 4.78 is 5.13. The fraction of sp³-hybridized carbons (Fsp3) is 0.571. The van der Waals surface area contributed by atoms with Crippen LogP contribution < -0.4 is 10.5 Å². The summed E-state index contributed by atoms with van der Waals surface area (Å²) >= 11 is 0. The van der Waals surface area contributed by atoms with Gasteiger partial charge in [-0.3, -0.25) is 0 Å². The van der Waals surface area contributed by atoms with E-state index in [-0.39, 0.29) is 0 Å². The van der Waals surface area contributed by atoms with Crippen LogP contribution in [0.1, 0.15) is 31.2 Å². The molecule has 0 spiro atoms. The van der Waals surface area contributed by atoms with E-state index in [1.807, 2.05) is 12.1 Å². The lowest BCUT2D eigenvalue weighted by atomic mass is 10.0. The molecule has 0 amide bonds. The molecule has 1 aromatic carbocycles. The topological polar surface area (TPSA) is 35.2 Å². The zero-order valence-corrected chi connectivity index (χ0v) is 9.99. The molecular formula is C14H21NO. The Balaban J connectivity index is 1.77. The molecule has 0 saturated heterocycles. The van der Waals surface area contributed by atoms with Gasteiger partial charge in [-0.05, 0) is 42.9 Å². The summed E-state index contributed by atoms with van der Waals surface area (Å²) in [6.07, 6.45) is 6.31. The lowest BCUT2D eigenvalue weighted by molar-refractivity contribution is 0.414. The highest BCUT2D eigenvalue weighted by molar-refractivity contribution is 5.27. The smallest absolute Gasteiger partial charge is 0.118 e. The van der Waals surface area contributed by atoms with E-state index >= 15 is 0 Å². The number of rotatable bonds is 6. The van der Waals surface area contributed by atoms with E-state index in [0.717, 1.165) is 24.5 Å². The molecule has 0 bridgehead atoms. The molecule has 1 saturated carbocycles. The average molecular weight is 219 g/mol. The van der Waals surface area contributed by atoms with Crippen molar-refractivity contribution < 1.29 is 4.74 Å². The van der Waals surface area contributed by atoms with Crippen LogP contribution in [0.4, 0.5) is 0 Å². The minimum absolute atomic E-state index is 0.314. The number of ether oxygens (including phenoxy) is 1. The second-order valence-corrected chi connectivity index (χ2v) is 4.83. The first-order valence-electron chi connectivity index (χ1n) is 6.16. The molecular weight excluding hydrogens is 198 g/mol. The van der Waals surface area contributed by atoms with E-state index in [9.17, 15) is 0 Å². The Hall–Kier alpha value is -1.02. The van der Waals surface area contributed by atoms with Gasteiger partial charge in [0, 0.05) is 6.04 Å². The fourth-order valence-electron chi connectivity index (χ4n) is 2.02. The molecule has 1 aromatic rings. The van der Waals surface area contributed by atoms with Crippen molar-refractivity contribution >= 4 is 0 Å². The second kappa shape index (κ2) is 5.35. The van der Waals surface area contributed by atoms with Gasteiger partial charge in [0.05, 0.1) is 7.11 Å². The van der Waals surface area contributed by atoms with E-state index in [0.29, 0.717) is 6.04 Å². The Morgan fingerprint density at radius 1 is 1.31 bits per heavy atom. The van der Waals surface area contributed by atoms with Crippen LogP contribution in [0.2, 0.25) is 0 Å². The molecule has 16 heavy (non-hydrogen) atoms. The van der Waals surface area contributed by atoms with Gasteiger partial charge in [0.15, 0.2) is 0 Å². The Morgan fingerprint density at radius 2 is 2.00 bits per heavy atom. The maximum absolute atomic E-state index is 6.12. The normalized spacial score (nSPS) is 17.1. The van der Waals surface area contributed by atoms with Crippen molar-refractivity contribution in [3.8, 4) is 5.75 Å². The quantitative estimate of drug-likeness (QED) is 0.798. The number of methoxy groups -OCH3 is 1. The lowest BCUT2D eigenvalue weighted by Gasteiger charge is -2.11. The van der Waals surface area contributed by atoms with Crippen molar-refractivity contribution in [3.63, 3.8) is 0 Å². The van der Waals surface area contributed by atoms with Gasteiger partial charge < -0.3 is 10.5 Å². The Morgan fingerprint density at radius 3 is 2.56 bits per heavy atom. The first-order valence-corrected chi connectivity index (χ1v) is 6.16. The van der Waals surface area contributed by atoms with Crippen LogP contribution in [0, 0.1) is 5.92 Å². The first-order chi connectivity index (χ1) is 7.78. The SMILES string of the molecule is COc1ccc(CC(N)CCC2CC2)cc1. The summed E-state index contributed by atoms with van der Waals surface area (Å²) in [4.78, 5) is 0. The molecule has 1 fully saturated rings. The monoisotopic (exact) mass is 219 g/mol. The second-order valence-electron chi connectivity index (χ2n) is 4.83. The highest BCUT2D eigenvalue weighted by Gasteiger charge is 2.21. The number of hydrogen-bond acceptors (Lipinski definition) is 2. The minimum atomic E-state index is 0.314. The molecule has 2 rings (SSSR count). The Labute approximate surface area is 97.8 Å². The van der Waals surface area contributed by atoms with Crippen molar-refractivity contribution in [2.24, 2.45) is 11.7 Å². The van der Waals surface area contributed by atoms with Gasteiger partial charge in [0.1, 0.15) is 5.75 Å². The van der Waals surface area contributed by atoms with E-state index in [2.05, 4.69) is 12.1 Å². The zero-order valence-electron chi connectivity index (χ0n) is 9.99. The standard InChI is InChI=1S/C14H21NO/c1-16-14-8-5-12(6-9-14)10-13(15)7-4-11-2-3-11/h5-6,8-9,11,13H,2-4,7,10,15H2,1H3. The van der Waals surface area contributed by atoms with Crippen LogP contribution >= 0.6 is 0 Å². The molecule has 0 aliphatic heterocycles. The summed E-state index contributed by atoms with van der Waals surface area (Å²) in [6, 6.07) is 8.53. The third-order valence-electron chi connectivity index (χ3n) is 3.30. The molecule has 1 aliphatic carbocycles. The lowest BCUT2D eigenvalue weighted by Crippen LogP contribution is -2.22. The van der Waals surface area contributed by atoms with Gasteiger partial charge in [-0.2, -0.15) is 0 Å². The van der Waals surface area contributed by atoms with Crippen molar-refractivity contribution in [2.45, 2.75) is 38.1 Å². The Kier molecular flexibility index (Phi) is 3.83. The molecule has 1 atom stereocenters. The van der Waals surface area contributed by atoms with Crippen molar-refractivity contribution in [2.75, 3.05) is 7.11 Å². The number of hydrogen-bond donors (Lipinski definition) is 1. The largest absolute Gasteiger partial charge is 0.497 e.